The summed E-state index contributed by atoms with van der Waals surface area (Å²) in [6.45, 7) is 4.87. The lowest BCUT2D eigenvalue weighted by Crippen LogP contribution is -2.39. The SMILES string of the molecule is CCOc1ccc(CN2CCC(O)(COc3ccccc3)C2)cc1CO. The topological polar surface area (TPSA) is 62.2 Å². The van der Waals surface area contributed by atoms with Crippen LogP contribution >= 0.6 is 0 Å². The van der Waals surface area contributed by atoms with Crippen LogP contribution in [-0.4, -0.2) is 47.0 Å². The molecule has 140 valence electrons. The fourth-order valence-corrected chi connectivity index (χ4v) is 3.34. The summed E-state index contributed by atoms with van der Waals surface area (Å²) in [5, 5.41) is 20.3. The molecule has 0 bridgehead atoms. The van der Waals surface area contributed by atoms with E-state index in [1.54, 1.807) is 0 Å². The summed E-state index contributed by atoms with van der Waals surface area (Å²) in [6.07, 6.45) is 0.684. The molecule has 5 nitrogen and oxygen atoms in total. The molecule has 0 radical (unpaired) electrons. The summed E-state index contributed by atoms with van der Waals surface area (Å²) in [6, 6.07) is 15.5. The van der Waals surface area contributed by atoms with Gasteiger partial charge in [0.2, 0.25) is 0 Å². The van der Waals surface area contributed by atoms with Crippen molar-refractivity contribution in [3.63, 3.8) is 0 Å². The molecule has 1 aliphatic heterocycles. The van der Waals surface area contributed by atoms with Crippen molar-refractivity contribution >= 4 is 0 Å². The van der Waals surface area contributed by atoms with Crippen LogP contribution < -0.4 is 9.47 Å². The van der Waals surface area contributed by atoms with Gasteiger partial charge in [0.1, 0.15) is 23.7 Å². The number of ether oxygens (including phenoxy) is 2. The normalized spacial score (nSPS) is 20.3. The highest BCUT2D eigenvalue weighted by Crippen LogP contribution is 2.26. The number of aliphatic hydroxyl groups excluding tert-OH is 1. The molecule has 0 aliphatic carbocycles. The fourth-order valence-electron chi connectivity index (χ4n) is 3.34. The van der Waals surface area contributed by atoms with Crippen molar-refractivity contribution in [3.05, 3.63) is 59.7 Å². The number of hydrogen-bond donors (Lipinski definition) is 2. The Labute approximate surface area is 154 Å². The lowest BCUT2D eigenvalue weighted by atomic mass is 10.1. The van der Waals surface area contributed by atoms with Crippen LogP contribution in [-0.2, 0) is 13.2 Å². The molecule has 1 atom stereocenters. The smallest absolute Gasteiger partial charge is 0.124 e. The van der Waals surface area contributed by atoms with Crippen LogP contribution in [0.2, 0.25) is 0 Å². The summed E-state index contributed by atoms with van der Waals surface area (Å²) in [5.74, 6) is 1.51. The Morgan fingerprint density at radius 2 is 1.92 bits per heavy atom. The molecule has 2 aromatic rings. The largest absolute Gasteiger partial charge is 0.494 e. The number of rotatable bonds is 8. The molecular formula is C21H27NO4. The van der Waals surface area contributed by atoms with Gasteiger partial charge in [-0.3, -0.25) is 4.90 Å². The second kappa shape index (κ2) is 8.54. The molecule has 3 rings (SSSR count). The number of benzene rings is 2. The van der Waals surface area contributed by atoms with Gasteiger partial charge in [-0.05, 0) is 43.2 Å². The molecule has 2 aromatic carbocycles. The second-order valence-electron chi connectivity index (χ2n) is 6.82. The average molecular weight is 357 g/mol. The first-order valence-electron chi connectivity index (χ1n) is 9.10. The molecule has 0 spiro atoms. The Balaban J connectivity index is 1.57. The first kappa shape index (κ1) is 18.7. The van der Waals surface area contributed by atoms with E-state index in [1.807, 2.05) is 55.5 Å². The van der Waals surface area contributed by atoms with E-state index in [2.05, 4.69) is 4.90 Å². The summed E-state index contributed by atoms with van der Waals surface area (Å²) >= 11 is 0. The van der Waals surface area contributed by atoms with E-state index in [0.29, 0.717) is 26.2 Å². The highest BCUT2D eigenvalue weighted by Gasteiger charge is 2.36. The zero-order valence-electron chi connectivity index (χ0n) is 15.2. The maximum Gasteiger partial charge on any atom is 0.124 e. The van der Waals surface area contributed by atoms with E-state index < -0.39 is 5.60 Å². The minimum atomic E-state index is -0.832. The zero-order valence-corrected chi connectivity index (χ0v) is 15.2. The number of para-hydroxylation sites is 1. The predicted molar refractivity (Wildman–Crippen MR) is 100 cm³/mol. The van der Waals surface area contributed by atoms with E-state index in [1.165, 1.54) is 0 Å². The number of nitrogens with zero attached hydrogens (tertiary/aromatic N) is 1. The minimum absolute atomic E-state index is 0.0436. The molecular weight excluding hydrogens is 330 g/mol. The van der Waals surface area contributed by atoms with Gasteiger partial charge in [0.05, 0.1) is 13.2 Å². The number of hydrogen-bond acceptors (Lipinski definition) is 5. The summed E-state index contributed by atoms with van der Waals surface area (Å²) in [5.41, 5.74) is 1.07. The minimum Gasteiger partial charge on any atom is -0.494 e. The fraction of sp³-hybridized carbons (Fsp3) is 0.429. The van der Waals surface area contributed by atoms with Crippen molar-refractivity contribution < 1.29 is 19.7 Å². The lowest BCUT2D eigenvalue weighted by Gasteiger charge is -2.24. The van der Waals surface area contributed by atoms with E-state index in [9.17, 15) is 10.2 Å². The highest BCUT2D eigenvalue weighted by molar-refractivity contribution is 5.37. The molecule has 2 N–H and O–H groups in total. The first-order valence-corrected chi connectivity index (χ1v) is 9.10. The van der Waals surface area contributed by atoms with Crippen LogP contribution in [0.1, 0.15) is 24.5 Å². The molecule has 1 saturated heterocycles. The molecule has 0 aromatic heterocycles. The van der Waals surface area contributed by atoms with E-state index in [0.717, 1.165) is 35.7 Å². The maximum absolute atomic E-state index is 10.8. The second-order valence-corrected chi connectivity index (χ2v) is 6.82. The highest BCUT2D eigenvalue weighted by atomic mass is 16.5. The third-order valence-electron chi connectivity index (χ3n) is 4.66. The third-order valence-corrected chi connectivity index (χ3v) is 4.66. The van der Waals surface area contributed by atoms with Gasteiger partial charge in [-0.25, -0.2) is 0 Å². The summed E-state index contributed by atoms with van der Waals surface area (Å²) < 4.78 is 11.3. The Kier molecular flexibility index (Phi) is 6.14. The average Bonchev–Trinajstić information content (AvgIpc) is 3.03. The van der Waals surface area contributed by atoms with Crippen LogP contribution in [0, 0.1) is 0 Å². The van der Waals surface area contributed by atoms with Crippen LogP contribution in [0.25, 0.3) is 0 Å². The Morgan fingerprint density at radius 3 is 2.65 bits per heavy atom. The van der Waals surface area contributed by atoms with E-state index >= 15 is 0 Å². The van der Waals surface area contributed by atoms with Crippen molar-refractivity contribution in [2.24, 2.45) is 0 Å². The zero-order chi connectivity index (χ0) is 18.4. The van der Waals surface area contributed by atoms with Crippen LogP contribution in [0.5, 0.6) is 11.5 Å². The monoisotopic (exact) mass is 357 g/mol. The van der Waals surface area contributed by atoms with Gasteiger partial charge in [0.15, 0.2) is 0 Å². The van der Waals surface area contributed by atoms with Crippen molar-refractivity contribution in [1.82, 2.24) is 4.90 Å². The molecule has 1 aliphatic rings. The number of likely N-dealkylation sites (tertiary alicyclic amines) is 1. The third kappa shape index (κ3) is 4.75. The first-order chi connectivity index (χ1) is 12.6. The molecule has 0 saturated carbocycles. The Bertz CT molecular complexity index is 706. The summed E-state index contributed by atoms with van der Waals surface area (Å²) in [4.78, 5) is 2.21. The number of β-amino-alcohol motifs (C(OH)–C–C–N with tert-alkyl or cyclic N) is 1. The van der Waals surface area contributed by atoms with Gasteiger partial charge in [-0.2, -0.15) is 0 Å². The van der Waals surface area contributed by atoms with E-state index in [4.69, 9.17) is 9.47 Å². The Morgan fingerprint density at radius 1 is 1.12 bits per heavy atom. The lowest BCUT2D eigenvalue weighted by molar-refractivity contribution is 0.00338. The molecule has 1 fully saturated rings. The number of aliphatic hydroxyl groups is 2. The van der Waals surface area contributed by atoms with Crippen molar-refractivity contribution in [3.8, 4) is 11.5 Å². The van der Waals surface area contributed by atoms with Crippen molar-refractivity contribution in [2.45, 2.75) is 32.1 Å². The molecule has 26 heavy (non-hydrogen) atoms. The van der Waals surface area contributed by atoms with Gasteiger partial charge in [-0.1, -0.05) is 24.3 Å². The molecule has 5 heteroatoms. The van der Waals surface area contributed by atoms with Crippen LogP contribution in [0.3, 0.4) is 0 Å². The Hall–Kier alpha value is -2.08. The predicted octanol–water partition coefficient (Wildman–Crippen LogP) is 2.59. The standard InChI is InChI=1S/C21H27NO4/c1-2-25-20-9-8-17(12-18(20)14-23)13-22-11-10-21(24,15-22)16-26-19-6-4-3-5-7-19/h3-9,12,23-24H,2,10-11,13-16H2,1H3. The van der Waals surface area contributed by atoms with Gasteiger partial charge in [-0.15, -0.1) is 0 Å². The van der Waals surface area contributed by atoms with Gasteiger partial charge in [0, 0.05) is 25.2 Å². The van der Waals surface area contributed by atoms with Crippen LogP contribution in [0.4, 0.5) is 0 Å². The maximum atomic E-state index is 10.8. The van der Waals surface area contributed by atoms with Crippen molar-refractivity contribution in [2.75, 3.05) is 26.3 Å². The molecule has 0 amide bonds. The summed E-state index contributed by atoms with van der Waals surface area (Å²) in [7, 11) is 0. The van der Waals surface area contributed by atoms with Gasteiger partial charge in [0.25, 0.3) is 0 Å². The van der Waals surface area contributed by atoms with Gasteiger partial charge < -0.3 is 19.7 Å². The van der Waals surface area contributed by atoms with E-state index in [-0.39, 0.29) is 6.61 Å². The molecule has 1 heterocycles. The molecule has 1 unspecified atom stereocenters. The van der Waals surface area contributed by atoms with Crippen molar-refractivity contribution in [1.29, 1.82) is 0 Å². The quantitative estimate of drug-likeness (QED) is 0.760. The van der Waals surface area contributed by atoms with Crippen LogP contribution in [0.15, 0.2) is 48.5 Å². The van der Waals surface area contributed by atoms with Gasteiger partial charge >= 0.3 is 0 Å².